The summed E-state index contributed by atoms with van der Waals surface area (Å²) in [6, 6.07) is 5.61. The molecule has 4 N–H and O–H groups in total. The van der Waals surface area contributed by atoms with E-state index in [-0.39, 0.29) is 23.8 Å². The number of rotatable bonds is 5. The highest BCUT2D eigenvalue weighted by Gasteiger charge is 2.17. The third kappa shape index (κ3) is 3.76. The summed E-state index contributed by atoms with van der Waals surface area (Å²) in [5, 5.41) is 6.13. The minimum Gasteiger partial charge on any atom is -0.365 e. The summed E-state index contributed by atoms with van der Waals surface area (Å²) in [4.78, 5) is 27.2. The lowest BCUT2D eigenvalue weighted by atomic mass is 10.1. The van der Waals surface area contributed by atoms with E-state index in [9.17, 15) is 14.0 Å². The number of nitrogens with one attached hydrogen (secondary N) is 2. The van der Waals surface area contributed by atoms with Crippen LogP contribution in [0.15, 0.2) is 24.3 Å². The van der Waals surface area contributed by atoms with Gasteiger partial charge in [0.2, 0.25) is 5.91 Å². The fourth-order valence-electron chi connectivity index (χ4n) is 1.64. The predicted octanol–water partition coefficient (Wildman–Crippen LogP) is 1.60. The Kier molecular flexibility index (Phi) is 4.49. The summed E-state index contributed by atoms with van der Waals surface area (Å²) in [5.41, 5.74) is 5.88. The van der Waals surface area contributed by atoms with Crippen LogP contribution < -0.4 is 16.4 Å². The van der Waals surface area contributed by atoms with Crippen LogP contribution in [-0.4, -0.2) is 23.8 Å². The summed E-state index contributed by atoms with van der Waals surface area (Å²) in [6.45, 7) is 0. The van der Waals surface area contributed by atoms with Crippen molar-refractivity contribution in [2.45, 2.75) is 6.42 Å². The third-order valence-electron chi connectivity index (χ3n) is 2.61. The molecule has 0 aliphatic rings. The molecule has 2 rings (SSSR count). The molecule has 0 spiro atoms. The zero-order valence-corrected chi connectivity index (χ0v) is 12.0. The van der Waals surface area contributed by atoms with Gasteiger partial charge in [0.25, 0.3) is 5.91 Å². The minimum atomic E-state index is -0.718. The highest BCUT2D eigenvalue weighted by Crippen LogP contribution is 2.28. The molecule has 0 atom stereocenters. The maximum atomic E-state index is 12.8. The van der Waals surface area contributed by atoms with Crippen molar-refractivity contribution in [1.29, 1.82) is 0 Å². The summed E-state index contributed by atoms with van der Waals surface area (Å²) in [7, 11) is 1.65. The Morgan fingerprint density at radius 1 is 1.33 bits per heavy atom. The molecule has 6 nitrogen and oxygen atoms in total. The number of hydrogen-bond acceptors (Lipinski definition) is 5. The number of hydrogen-bond donors (Lipinski definition) is 3. The van der Waals surface area contributed by atoms with Gasteiger partial charge < -0.3 is 16.4 Å². The number of nitrogens with two attached hydrogens (primary N) is 1. The Labute approximate surface area is 124 Å². The lowest BCUT2D eigenvalue weighted by Gasteiger charge is -2.03. The van der Waals surface area contributed by atoms with Crippen LogP contribution in [0.5, 0.6) is 0 Å². The van der Waals surface area contributed by atoms with Crippen molar-refractivity contribution in [2.24, 2.45) is 5.73 Å². The molecule has 1 heterocycles. The summed E-state index contributed by atoms with van der Waals surface area (Å²) in [5.74, 6) is -1.42. The zero-order valence-electron chi connectivity index (χ0n) is 11.1. The van der Waals surface area contributed by atoms with Gasteiger partial charge in [0.15, 0.2) is 10.8 Å². The van der Waals surface area contributed by atoms with Gasteiger partial charge in [-0.1, -0.05) is 23.5 Å². The molecule has 0 radical (unpaired) electrons. The van der Waals surface area contributed by atoms with Crippen molar-refractivity contribution in [1.82, 2.24) is 4.98 Å². The van der Waals surface area contributed by atoms with Gasteiger partial charge in [-0.3, -0.25) is 9.59 Å². The largest absolute Gasteiger partial charge is 0.365 e. The summed E-state index contributed by atoms with van der Waals surface area (Å²) >= 11 is 1.11. The second-order valence-corrected chi connectivity index (χ2v) is 5.16. The Morgan fingerprint density at radius 2 is 2.00 bits per heavy atom. The Morgan fingerprint density at radius 3 is 2.57 bits per heavy atom. The van der Waals surface area contributed by atoms with Gasteiger partial charge in [0.05, 0.1) is 6.42 Å². The van der Waals surface area contributed by atoms with E-state index in [1.807, 2.05) is 0 Å². The molecule has 1 aromatic carbocycles. The van der Waals surface area contributed by atoms with Crippen molar-refractivity contribution in [3.8, 4) is 0 Å². The van der Waals surface area contributed by atoms with Crippen LogP contribution in [-0.2, 0) is 11.2 Å². The molecular formula is C13H13FN4O2S. The summed E-state index contributed by atoms with van der Waals surface area (Å²) in [6.07, 6.45) is 0.0608. The normalized spacial score (nSPS) is 10.2. The first-order chi connectivity index (χ1) is 9.99. The van der Waals surface area contributed by atoms with Crippen molar-refractivity contribution in [2.75, 3.05) is 17.7 Å². The van der Waals surface area contributed by atoms with Crippen LogP contribution in [0.4, 0.5) is 14.5 Å². The van der Waals surface area contributed by atoms with E-state index >= 15 is 0 Å². The first kappa shape index (κ1) is 14.9. The first-order valence-electron chi connectivity index (χ1n) is 6.02. The number of amides is 2. The van der Waals surface area contributed by atoms with E-state index in [1.165, 1.54) is 24.3 Å². The molecule has 0 aliphatic carbocycles. The molecule has 1 aromatic heterocycles. The van der Waals surface area contributed by atoms with Crippen LogP contribution in [0.25, 0.3) is 0 Å². The van der Waals surface area contributed by atoms with Crippen molar-refractivity contribution in [3.63, 3.8) is 0 Å². The molecule has 110 valence electrons. The van der Waals surface area contributed by atoms with Crippen LogP contribution in [0.2, 0.25) is 0 Å². The molecule has 0 unspecified atom stereocenters. The summed E-state index contributed by atoms with van der Waals surface area (Å²) < 4.78 is 12.8. The number of carbonyl (C=O) groups is 2. The predicted molar refractivity (Wildman–Crippen MR) is 78.9 cm³/mol. The lowest BCUT2D eigenvalue weighted by Crippen LogP contribution is -2.18. The number of carbonyl (C=O) groups excluding carboxylic acids is 2. The molecule has 2 amide bonds. The molecule has 0 fully saturated rings. The molecule has 8 heteroatoms. The number of halogens is 1. The number of anilines is 2. The van der Waals surface area contributed by atoms with Gasteiger partial charge in [-0.15, -0.1) is 0 Å². The highest BCUT2D eigenvalue weighted by molar-refractivity contribution is 7.20. The fourth-order valence-corrected chi connectivity index (χ4v) is 2.48. The average molecular weight is 308 g/mol. The number of nitrogens with zero attached hydrogens (tertiary/aromatic N) is 1. The van der Waals surface area contributed by atoms with Gasteiger partial charge in [0.1, 0.15) is 10.8 Å². The van der Waals surface area contributed by atoms with E-state index in [4.69, 9.17) is 5.73 Å². The Bertz CT molecular complexity index is 669. The van der Waals surface area contributed by atoms with E-state index in [0.717, 1.165) is 11.3 Å². The van der Waals surface area contributed by atoms with Gasteiger partial charge in [-0.2, -0.15) is 0 Å². The molecule has 21 heavy (non-hydrogen) atoms. The lowest BCUT2D eigenvalue weighted by molar-refractivity contribution is -0.115. The first-order valence-corrected chi connectivity index (χ1v) is 6.84. The van der Waals surface area contributed by atoms with Crippen molar-refractivity contribution >= 4 is 33.3 Å². The highest BCUT2D eigenvalue weighted by atomic mass is 32.1. The van der Waals surface area contributed by atoms with Crippen molar-refractivity contribution in [3.05, 3.63) is 41.3 Å². The minimum absolute atomic E-state index is 0.0109. The SMILES string of the molecule is CNc1nc(C(N)=O)c(NC(=O)Cc2ccc(F)cc2)s1. The number of primary amides is 1. The molecule has 0 saturated carbocycles. The van der Waals surface area contributed by atoms with Crippen LogP contribution in [0.1, 0.15) is 16.1 Å². The van der Waals surface area contributed by atoms with Gasteiger partial charge >= 0.3 is 0 Å². The monoisotopic (exact) mass is 308 g/mol. The molecule has 2 aromatic rings. The quantitative estimate of drug-likeness (QED) is 0.781. The van der Waals surface area contributed by atoms with Gasteiger partial charge in [0, 0.05) is 7.05 Å². The fraction of sp³-hybridized carbons (Fsp3) is 0.154. The number of aromatic nitrogens is 1. The third-order valence-corrected chi connectivity index (χ3v) is 3.59. The smallest absolute Gasteiger partial charge is 0.270 e. The maximum Gasteiger partial charge on any atom is 0.270 e. The Balaban J connectivity index is 2.10. The average Bonchev–Trinajstić information content (AvgIpc) is 2.84. The molecule has 0 saturated heterocycles. The zero-order chi connectivity index (χ0) is 15.4. The number of benzene rings is 1. The second kappa shape index (κ2) is 6.31. The molecule has 0 bridgehead atoms. The maximum absolute atomic E-state index is 12.8. The van der Waals surface area contributed by atoms with E-state index in [0.29, 0.717) is 15.7 Å². The topological polar surface area (TPSA) is 97.1 Å². The van der Waals surface area contributed by atoms with E-state index in [1.54, 1.807) is 7.05 Å². The van der Waals surface area contributed by atoms with E-state index in [2.05, 4.69) is 15.6 Å². The van der Waals surface area contributed by atoms with Crippen LogP contribution >= 0.6 is 11.3 Å². The standard InChI is InChI=1S/C13H13FN4O2S/c1-16-13-18-10(11(15)20)12(21-13)17-9(19)6-7-2-4-8(14)5-3-7/h2-5H,6H2,1H3,(H2,15,20)(H,16,18)(H,17,19). The van der Waals surface area contributed by atoms with Gasteiger partial charge in [-0.25, -0.2) is 9.37 Å². The van der Waals surface area contributed by atoms with Crippen molar-refractivity contribution < 1.29 is 14.0 Å². The Hall–Kier alpha value is -2.48. The van der Waals surface area contributed by atoms with Crippen LogP contribution in [0.3, 0.4) is 0 Å². The molecule has 0 aliphatic heterocycles. The second-order valence-electron chi connectivity index (χ2n) is 4.16. The van der Waals surface area contributed by atoms with Crippen LogP contribution in [0, 0.1) is 5.82 Å². The number of thiazole rings is 1. The van der Waals surface area contributed by atoms with E-state index < -0.39 is 5.91 Å². The van der Waals surface area contributed by atoms with Gasteiger partial charge in [-0.05, 0) is 17.7 Å². The molecular weight excluding hydrogens is 295 g/mol.